The zero-order chi connectivity index (χ0) is 16.1. The van der Waals surface area contributed by atoms with Crippen LogP contribution in [0.2, 0.25) is 5.15 Å². The number of halogens is 1. The Kier molecular flexibility index (Phi) is 5.77. The number of hydrogen-bond acceptors (Lipinski definition) is 4. The van der Waals surface area contributed by atoms with Crippen molar-refractivity contribution in [3.63, 3.8) is 0 Å². The normalized spacial score (nSPS) is 22.7. The average molecular weight is 325 g/mol. The second-order valence-electron chi connectivity index (χ2n) is 5.79. The maximum Gasteiger partial charge on any atom is 0.340 e. The minimum atomic E-state index is -0.836. The van der Waals surface area contributed by atoms with Crippen LogP contribution in [-0.2, 0) is 9.53 Å². The molecule has 0 unspecified atom stereocenters. The highest BCUT2D eigenvalue weighted by Gasteiger charge is 2.26. The van der Waals surface area contributed by atoms with Gasteiger partial charge in [-0.3, -0.25) is 4.79 Å². The molecule has 0 saturated heterocycles. The van der Waals surface area contributed by atoms with E-state index in [1.807, 2.05) is 0 Å². The number of aromatic nitrogens is 1. The van der Waals surface area contributed by atoms with Gasteiger partial charge in [-0.05, 0) is 37.8 Å². The monoisotopic (exact) mass is 324 g/mol. The molecule has 1 fully saturated rings. The van der Waals surface area contributed by atoms with Gasteiger partial charge in [0.1, 0.15) is 5.15 Å². The van der Waals surface area contributed by atoms with Crippen LogP contribution in [0, 0.1) is 5.92 Å². The maximum atomic E-state index is 12.2. The lowest BCUT2D eigenvalue weighted by molar-refractivity contribution is -0.130. The number of amides is 1. The Balaban J connectivity index is 1.87. The summed E-state index contributed by atoms with van der Waals surface area (Å²) in [5, 5.41) is 3.28. The van der Waals surface area contributed by atoms with Gasteiger partial charge in [0.05, 0.1) is 5.56 Å². The molecule has 1 N–H and O–H groups in total. The highest BCUT2D eigenvalue weighted by molar-refractivity contribution is 6.29. The summed E-state index contributed by atoms with van der Waals surface area (Å²) in [7, 11) is 0. The van der Waals surface area contributed by atoms with Crippen molar-refractivity contribution >= 4 is 23.5 Å². The number of ether oxygens (including phenoxy) is 1. The molecule has 6 heteroatoms. The third kappa shape index (κ3) is 4.44. The molecule has 0 spiro atoms. The number of nitrogens with zero attached hydrogens (tertiary/aromatic N) is 1. The predicted molar refractivity (Wildman–Crippen MR) is 83.7 cm³/mol. The molecule has 0 bridgehead atoms. The fourth-order valence-corrected chi connectivity index (χ4v) is 2.72. The van der Waals surface area contributed by atoms with Crippen LogP contribution in [0.1, 0.15) is 49.9 Å². The van der Waals surface area contributed by atoms with E-state index in [-0.39, 0.29) is 17.5 Å². The molecule has 1 heterocycles. The van der Waals surface area contributed by atoms with Gasteiger partial charge in [0.15, 0.2) is 6.10 Å². The molecule has 1 aliphatic carbocycles. The van der Waals surface area contributed by atoms with E-state index < -0.39 is 12.1 Å². The molecule has 1 aromatic rings. The van der Waals surface area contributed by atoms with Crippen LogP contribution in [0.25, 0.3) is 0 Å². The Morgan fingerprint density at radius 3 is 2.73 bits per heavy atom. The van der Waals surface area contributed by atoms with Gasteiger partial charge in [0.2, 0.25) is 0 Å². The number of carbonyl (C=O) groups excluding carboxylic acids is 2. The SMILES string of the molecule is C[C@@H](OC(=O)c1ccc(Cl)nc1)C(=O)N[C@@H]1CCCC[C@@H]1C. The Morgan fingerprint density at radius 2 is 2.09 bits per heavy atom. The van der Waals surface area contributed by atoms with Crippen molar-refractivity contribution in [2.24, 2.45) is 5.92 Å². The summed E-state index contributed by atoms with van der Waals surface area (Å²) in [4.78, 5) is 27.9. The Morgan fingerprint density at radius 1 is 1.36 bits per heavy atom. The molecular weight excluding hydrogens is 304 g/mol. The van der Waals surface area contributed by atoms with Gasteiger partial charge in [-0.1, -0.05) is 31.4 Å². The lowest BCUT2D eigenvalue weighted by atomic mass is 9.86. The van der Waals surface area contributed by atoms with Crippen molar-refractivity contribution < 1.29 is 14.3 Å². The summed E-state index contributed by atoms with van der Waals surface area (Å²) in [6.07, 6.45) is 4.93. The summed E-state index contributed by atoms with van der Waals surface area (Å²) >= 11 is 5.67. The summed E-state index contributed by atoms with van der Waals surface area (Å²) in [6.45, 7) is 3.71. The van der Waals surface area contributed by atoms with E-state index in [0.717, 1.165) is 19.3 Å². The molecular formula is C16H21ClN2O3. The van der Waals surface area contributed by atoms with Crippen LogP contribution < -0.4 is 5.32 Å². The molecule has 1 aliphatic rings. The van der Waals surface area contributed by atoms with E-state index in [0.29, 0.717) is 11.1 Å². The highest BCUT2D eigenvalue weighted by atomic mass is 35.5. The van der Waals surface area contributed by atoms with Crippen LogP contribution in [0.15, 0.2) is 18.3 Å². The lowest BCUT2D eigenvalue weighted by Gasteiger charge is -2.30. The van der Waals surface area contributed by atoms with Crippen molar-refractivity contribution in [3.8, 4) is 0 Å². The first-order valence-electron chi connectivity index (χ1n) is 7.60. The molecule has 1 saturated carbocycles. The molecule has 3 atom stereocenters. The van der Waals surface area contributed by atoms with Crippen LogP contribution in [0.4, 0.5) is 0 Å². The maximum absolute atomic E-state index is 12.2. The zero-order valence-corrected chi connectivity index (χ0v) is 13.6. The van der Waals surface area contributed by atoms with Crippen molar-refractivity contribution in [1.29, 1.82) is 0 Å². The van der Waals surface area contributed by atoms with Gasteiger partial charge in [-0.15, -0.1) is 0 Å². The van der Waals surface area contributed by atoms with E-state index in [4.69, 9.17) is 16.3 Å². The first-order chi connectivity index (χ1) is 10.5. The van der Waals surface area contributed by atoms with E-state index in [1.54, 1.807) is 6.92 Å². The minimum absolute atomic E-state index is 0.166. The Labute approximate surface area is 135 Å². The van der Waals surface area contributed by atoms with Gasteiger partial charge < -0.3 is 10.1 Å². The second kappa shape index (κ2) is 7.58. The molecule has 0 radical (unpaired) electrons. The van der Waals surface area contributed by atoms with Crippen molar-refractivity contribution in [2.75, 3.05) is 0 Å². The molecule has 0 aromatic carbocycles. The van der Waals surface area contributed by atoms with Crippen LogP contribution in [-0.4, -0.2) is 29.0 Å². The van der Waals surface area contributed by atoms with Gasteiger partial charge in [0.25, 0.3) is 5.91 Å². The van der Waals surface area contributed by atoms with E-state index in [2.05, 4.69) is 17.2 Å². The first kappa shape index (κ1) is 16.7. The zero-order valence-electron chi connectivity index (χ0n) is 12.8. The van der Waals surface area contributed by atoms with E-state index in [9.17, 15) is 9.59 Å². The number of rotatable bonds is 4. The molecule has 120 valence electrons. The van der Waals surface area contributed by atoms with Crippen molar-refractivity contribution in [1.82, 2.24) is 10.3 Å². The van der Waals surface area contributed by atoms with Crippen molar-refractivity contribution in [3.05, 3.63) is 29.0 Å². The topological polar surface area (TPSA) is 68.3 Å². The molecule has 1 amide bonds. The quantitative estimate of drug-likeness (QED) is 0.683. The molecule has 22 heavy (non-hydrogen) atoms. The van der Waals surface area contributed by atoms with Gasteiger partial charge in [0, 0.05) is 12.2 Å². The Hall–Kier alpha value is -1.62. The van der Waals surface area contributed by atoms with Crippen LogP contribution in [0.5, 0.6) is 0 Å². The van der Waals surface area contributed by atoms with Gasteiger partial charge >= 0.3 is 5.97 Å². The number of pyridine rings is 1. The van der Waals surface area contributed by atoms with Gasteiger partial charge in [-0.2, -0.15) is 0 Å². The summed E-state index contributed by atoms with van der Waals surface area (Å²) < 4.78 is 5.18. The fraction of sp³-hybridized carbons (Fsp3) is 0.562. The largest absolute Gasteiger partial charge is 0.449 e. The fourth-order valence-electron chi connectivity index (χ4n) is 2.61. The number of hydrogen-bond donors (Lipinski definition) is 1. The molecule has 2 rings (SSSR count). The lowest BCUT2D eigenvalue weighted by Crippen LogP contribution is -2.45. The number of esters is 1. The summed E-state index contributed by atoms with van der Waals surface area (Å²) in [5.74, 6) is -0.376. The average Bonchev–Trinajstić information content (AvgIpc) is 2.50. The standard InChI is InChI=1S/C16H21ClN2O3/c1-10-5-3-4-6-13(10)19-15(20)11(2)22-16(21)12-7-8-14(17)18-9-12/h7-11,13H,3-6H2,1-2H3,(H,19,20)/t10-,11+,13+/m0/s1. The minimum Gasteiger partial charge on any atom is -0.449 e. The van der Waals surface area contributed by atoms with Crippen LogP contribution >= 0.6 is 11.6 Å². The van der Waals surface area contributed by atoms with Crippen molar-refractivity contribution in [2.45, 2.75) is 51.7 Å². The smallest absolute Gasteiger partial charge is 0.340 e. The Bertz CT molecular complexity index is 533. The summed E-state index contributed by atoms with van der Waals surface area (Å²) in [5.41, 5.74) is 0.273. The third-order valence-electron chi connectivity index (χ3n) is 4.06. The van der Waals surface area contributed by atoms with Crippen LogP contribution in [0.3, 0.4) is 0 Å². The second-order valence-corrected chi connectivity index (χ2v) is 6.18. The third-order valence-corrected chi connectivity index (χ3v) is 4.28. The van der Waals surface area contributed by atoms with E-state index >= 15 is 0 Å². The predicted octanol–water partition coefficient (Wildman–Crippen LogP) is 2.98. The van der Waals surface area contributed by atoms with Gasteiger partial charge in [-0.25, -0.2) is 9.78 Å². The summed E-state index contributed by atoms with van der Waals surface area (Å²) in [6, 6.07) is 3.19. The first-order valence-corrected chi connectivity index (χ1v) is 7.98. The van der Waals surface area contributed by atoms with E-state index in [1.165, 1.54) is 24.8 Å². The molecule has 1 aromatic heterocycles. The number of carbonyl (C=O) groups is 2. The molecule has 0 aliphatic heterocycles. The highest BCUT2D eigenvalue weighted by Crippen LogP contribution is 2.23. The number of nitrogens with one attached hydrogen (secondary N) is 1. The molecule has 5 nitrogen and oxygen atoms in total.